The van der Waals surface area contributed by atoms with Crippen molar-refractivity contribution >= 4 is 23.2 Å². The maximum Gasteiger partial charge on any atom is 0.276 e. The average molecular weight is 447 g/mol. The van der Waals surface area contributed by atoms with E-state index < -0.39 is 11.5 Å². The standard InChI is InChI=1S/C24H25N5O4/c1-33-21-10-6-5-9-20(21)27-13-15-28(16-14-27)23(31)17-29-22(30)12-11-19(26-29)24(32)25-18-7-3-2-4-8-18/h2-12H,13-17H2,1H3,(H,25,32). The second-order valence-corrected chi connectivity index (χ2v) is 7.57. The second kappa shape index (κ2) is 9.99. The summed E-state index contributed by atoms with van der Waals surface area (Å²) >= 11 is 0. The molecule has 9 nitrogen and oxygen atoms in total. The van der Waals surface area contributed by atoms with Crippen molar-refractivity contribution in [1.29, 1.82) is 0 Å². The van der Waals surface area contributed by atoms with Crippen molar-refractivity contribution in [2.75, 3.05) is 43.5 Å². The topological polar surface area (TPSA) is 96.8 Å². The molecule has 0 unspecified atom stereocenters. The zero-order valence-electron chi connectivity index (χ0n) is 18.3. The summed E-state index contributed by atoms with van der Waals surface area (Å²) in [6.07, 6.45) is 0. The number of rotatable bonds is 6. The van der Waals surface area contributed by atoms with Crippen molar-refractivity contribution in [3.05, 3.63) is 82.8 Å². The smallest absolute Gasteiger partial charge is 0.276 e. The molecule has 9 heteroatoms. The third-order valence-corrected chi connectivity index (χ3v) is 5.47. The summed E-state index contributed by atoms with van der Waals surface area (Å²) in [5.74, 6) is 0.122. The molecule has 1 N–H and O–H groups in total. The van der Waals surface area contributed by atoms with Gasteiger partial charge in [-0.1, -0.05) is 30.3 Å². The third-order valence-electron chi connectivity index (χ3n) is 5.47. The summed E-state index contributed by atoms with van der Waals surface area (Å²) in [6.45, 7) is 2.10. The van der Waals surface area contributed by atoms with E-state index in [9.17, 15) is 14.4 Å². The van der Waals surface area contributed by atoms with Crippen LogP contribution in [0.3, 0.4) is 0 Å². The van der Waals surface area contributed by atoms with E-state index in [1.807, 2.05) is 30.3 Å². The molecular weight excluding hydrogens is 422 g/mol. The number of carbonyl (C=O) groups excluding carboxylic acids is 2. The Kier molecular flexibility index (Phi) is 6.68. The second-order valence-electron chi connectivity index (χ2n) is 7.57. The van der Waals surface area contributed by atoms with Gasteiger partial charge in [-0.05, 0) is 30.3 Å². The van der Waals surface area contributed by atoms with Gasteiger partial charge in [0.05, 0.1) is 12.8 Å². The van der Waals surface area contributed by atoms with Gasteiger partial charge in [-0.15, -0.1) is 0 Å². The zero-order chi connectivity index (χ0) is 23.2. The van der Waals surface area contributed by atoms with Crippen molar-refractivity contribution < 1.29 is 14.3 Å². The predicted molar refractivity (Wildman–Crippen MR) is 125 cm³/mol. The van der Waals surface area contributed by atoms with Crippen LogP contribution >= 0.6 is 0 Å². The fraction of sp³-hybridized carbons (Fsp3) is 0.250. The maximum absolute atomic E-state index is 12.8. The Morgan fingerprint density at radius 1 is 0.939 bits per heavy atom. The summed E-state index contributed by atoms with van der Waals surface area (Å²) in [7, 11) is 1.64. The SMILES string of the molecule is COc1ccccc1N1CCN(C(=O)Cn2nc(C(=O)Nc3ccccc3)ccc2=O)CC1. The van der Waals surface area contributed by atoms with Gasteiger partial charge < -0.3 is 19.9 Å². The molecule has 4 rings (SSSR count). The van der Waals surface area contributed by atoms with Crippen LogP contribution in [0, 0.1) is 0 Å². The minimum Gasteiger partial charge on any atom is -0.495 e. The highest BCUT2D eigenvalue weighted by Crippen LogP contribution is 2.28. The van der Waals surface area contributed by atoms with E-state index in [0.29, 0.717) is 31.9 Å². The molecule has 2 heterocycles. The van der Waals surface area contributed by atoms with Crippen LogP contribution in [0.1, 0.15) is 10.5 Å². The molecule has 2 aromatic carbocycles. The summed E-state index contributed by atoms with van der Waals surface area (Å²) < 4.78 is 6.47. The number of para-hydroxylation sites is 3. The Morgan fingerprint density at radius 2 is 1.64 bits per heavy atom. The molecule has 0 radical (unpaired) electrons. The number of nitrogens with zero attached hydrogens (tertiary/aromatic N) is 4. The highest BCUT2D eigenvalue weighted by atomic mass is 16.5. The largest absolute Gasteiger partial charge is 0.495 e. The van der Waals surface area contributed by atoms with Gasteiger partial charge in [0.15, 0.2) is 0 Å². The maximum atomic E-state index is 12.8. The normalized spacial score (nSPS) is 13.5. The lowest BCUT2D eigenvalue weighted by Crippen LogP contribution is -2.50. The lowest BCUT2D eigenvalue weighted by molar-refractivity contribution is -0.132. The van der Waals surface area contributed by atoms with E-state index in [0.717, 1.165) is 16.1 Å². The summed E-state index contributed by atoms with van der Waals surface area (Å²) in [5.41, 5.74) is 1.23. The zero-order valence-corrected chi connectivity index (χ0v) is 18.3. The van der Waals surface area contributed by atoms with Gasteiger partial charge >= 0.3 is 0 Å². The number of benzene rings is 2. The van der Waals surface area contributed by atoms with Crippen molar-refractivity contribution in [1.82, 2.24) is 14.7 Å². The lowest BCUT2D eigenvalue weighted by atomic mass is 10.2. The summed E-state index contributed by atoms with van der Waals surface area (Å²) in [6, 6.07) is 19.3. The molecule has 0 saturated carbocycles. The number of nitrogens with one attached hydrogen (secondary N) is 1. The average Bonchev–Trinajstić information content (AvgIpc) is 2.86. The van der Waals surface area contributed by atoms with Gasteiger partial charge in [0.2, 0.25) is 5.91 Å². The first kappa shape index (κ1) is 22.1. The number of anilines is 2. The molecule has 33 heavy (non-hydrogen) atoms. The molecule has 3 aromatic rings. The van der Waals surface area contributed by atoms with Crippen LogP contribution < -0.4 is 20.5 Å². The first-order valence-corrected chi connectivity index (χ1v) is 10.7. The summed E-state index contributed by atoms with van der Waals surface area (Å²) in [4.78, 5) is 41.5. The molecule has 1 aromatic heterocycles. The number of carbonyl (C=O) groups is 2. The van der Waals surface area contributed by atoms with Gasteiger partial charge in [-0.2, -0.15) is 5.10 Å². The third kappa shape index (κ3) is 5.20. The van der Waals surface area contributed by atoms with Gasteiger partial charge in [0.25, 0.3) is 11.5 Å². The Balaban J connectivity index is 1.39. The van der Waals surface area contributed by atoms with Gasteiger partial charge in [0, 0.05) is 37.9 Å². The lowest BCUT2D eigenvalue weighted by Gasteiger charge is -2.36. The Hall–Kier alpha value is -4.14. The monoisotopic (exact) mass is 447 g/mol. The van der Waals surface area contributed by atoms with E-state index in [1.54, 1.807) is 36.3 Å². The fourth-order valence-corrected chi connectivity index (χ4v) is 3.72. The quantitative estimate of drug-likeness (QED) is 0.620. The molecule has 0 atom stereocenters. The predicted octanol–water partition coefficient (Wildman–Crippen LogP) is 1.85. The molecule has 0 bridgehead atoms. The number of methoxy groups -OCH3 is 1. The van der Waals surface area contributed by atoms with E-state index >= 15 is 0 Å². The van der Waals surface area contributed by atoms with Crippen LogP contribution in [0.25, 0.3) is 0 Å². The van der Waals surface area contributed by atoms with Crippen molar-refractivity contribution in [2.45, 2.75) is 6.54 Å². The Bertz CT molecular complexity index is 1190. The fourth-order valence-electron chi connectivity index (χ4n) is 3.72. The number of piperazine rings is 1. The molecule has 0 spiro atoms. The van der Waals surface area contributed by atoms with Crippen molar-refractivity contribution in [3.63, 3.8) is 0 Å². The first-order chi connectivity index (χ1) is 16.0. The van der Waals surface area contributed by atoms with Crippen LogP contribution in [0.15, 0.2) is 71.5 Å². The molecule has 2 amide bonds. The van der Waals surface area contributed by atoms with E-state index in [2.05, 4.69) is 15.3 Å². The number of ether oxygens (including phenoxy) is 1. The van der Waals surface area contributed by atoms with E-state index in [1.165, 1.54) is 12.1 Å². The van der Waals surface area contributed by atoms with Crippen LogP contribution in [0.5, 0.6) is 5.75 Å². The van der Waals surface area contributed by atoms with Gasteiger partial charge in [-0.3, -0.25) is 14.4 Å². The van der Waals surface area contributed by atoms with E-state index in [4.69, 9.17) is 4.74 Å². The summed E-state index contributed by atoms with van der Waals surface area (Å²) in [5, 5.41) is 6.83. The molecular formula is C24H25N5O4. The minimum atomic E-state index is -0.451. The van der Waals surface area contributed by atoms with Crippen LogP contribution in [0.4, 0.5) is 11.4 Å². The Morgan fingerprint density at radius 3 is 2.36 bits per heavy atom. The highest BCUT2D eigenvalue weighted by Gasteiger charge is 2.23. The molecule has 1 saturated heterocycles. The molecule has 0 aliphatic carbocycles. The number of aromatic nitrogens is 2. The number of amides is 2. The van der Waals surface area contributed by atoms with Gasteiger partial charge in [0.1, 0.15) is 18.0 Å². The Labute approximate surface area is 191 Å². The van der Waals surface area contributed by atoms with Crippen LogP contribution in [-0.2, 0) is 11.3 Å². The number of hydrogen-bond acceptors (Lipinski definition) is 6. The van der Waals surface area contributed by atoms with Crippen molar-refractivity contribution in [3.8, 4) is 5.75 Å². The van der Waals surface area contributed by atoms with Crippen molar-refractivity contribution in [2.24, 2.45) is 0 Å². The molecule has 1 aliphatic heterocycles. The number of hydrogen-bond donors (Lipinski definition) is 1. The molecule has 1 fully saturated rings. The highest BCUT2D eigenvalue weighted by molar-refractivity contribution is 6.02. The molecule has 170 valence electrons. The van der Waals surface area contributed by atoms with Crippen LogP contribution in [-0.4, -0.2) is 59.8 Å². The molecule has 1 aliphatic rings. The minimum absolute atomic E-state index is 0.0623. The van der Waals surface area contributed by atoms with Gasteiger partial charge in [-0.25, -0.2) is 4.68 Å². The first-order valence-electron chi connectivity index (χ1n) is 10.7. The van der Waals surface area contributed by atoms with Crippen LogP contribution in [0.2, 0.25) is 0 Å². The van der Waals surface area contributed by atoms with E-state index in [-0.39, 0.29) is 18.1 Å².